The molecular weight excluding hydrogens is 399 g/mol. The molecule has 1 atom stereocenters. The van der Waals surface area contributed by atoms with Gasteiger partial charge in [0, 0.05) is 41.6 Å². The topological polar surface area (TPSA) is 61.1 Å². The van der Waals surface area contributed by atoms with Crippen LogP contribution < -0.4 is 5.32 Å². The summed E-state index contributed by atoms with van der Waals surface area (Å²) in [6, 6.07) is 3.74. The van der Waals surface area contributed by atoms with Crippen molar-refractivity contribution in [3.63, 3.8) is 0 Å². The highest BCUT2D eigenvalue weighted by Crippen LogP contribution is 2.41. The summed E-state index contributed by atoms with van der Waals surface area (Å²) in [7, 11) is 1.88. The number of benzene rings is 1. The van der Waals surface area contributed by atoms with Crippen LogP contribution in [-0.4, -0.2) is 34.3 Å². The summed E-state index contributed by atoms with van der Waals surface area (Å²) >= 11 is 12.8. The Balaban J connectivity index is 1.90. The van der Waals surface area contributed by atoms with Crippen LogP contribution in [0.3, 0.4) is 0 Å². The van der Waals surface area contributed by atoms with E-state index in [0.717, 1.165) is 59.9 Å². The van der Waals surface area contributed by atoms with Crippen molar-refractivity contribution in [3.05, 3.63) is 40.3 Å². The quantitative estimate of drug-likeness (QED) is 0.599. The molecule has 1 unspecified atom stereocenters. The molecule has 0 radical (unpaired) electrons. The minimum atomic E-state index is -0.0309. The van der Waals surface area contributed by atoms with Crippen LogP contribution in [0.2, 0.25) is 10.0 Å². The molecule has 1 saturated heterocycles. The summed E-state index contributed by atoms with van der Waals surface area (Å²) in [5, 5.41) is 9.61. The number of nitrogens with one attached hydrogen (secondary N) is 1. The van der Waals surface area contributed by atoms with Crippen molar-refractivity contribution < 1.29 is 9.53 Å². The van der Waals surface area contributed by atoms with Gasteiger partial charge in [-0.2, -0.15) is 5.10 Å². The van der Waals surface area contributed by atoms with Gasteiger partial charge in [-0.1, -0.05) is 29.3 Å². The van der Waals surface area contributed by atoms with Crippen LogP contribution in [-0.2, 0) is 22.6 Å². The van der Waals surface area contributed by atoms with Gasteiger partial charge in [0.15, 0.2) is 0 Å². The molecular formula is C20H22Cl2N4O2. The number of nitrogens with zero attached hydrogens (tertiary/aromatic N) is 3. The average molecular weight is 421 g/mol. The summed E-state index contributed by atoms with van der Waals surface area (Å²) in [6.07, 6.45) is 7.89. The summed E-state index contributed by atoms with van der Waals surface area (Å²) in [4.78, 5) is 11.4. The van der Waals surface area contributed by atoms with E-state index >= 15 is 0 Å². The molecule has 0 bridgehead atoms. The summed E-state index contributed by atoms with van der Waals surface area (Å²) in [6.45, 7) is 1.54. The molecule has 1 aliphatic heterocycles. The van der Waals surface area contributed by atoms with Gasteiger partial charge in [-0.25, -0.2) is 4.68 Å². The van der Waals surface area contributed by atoms with E-state index in [1.165, 1.54) is 0 Å². The highest BCUT2D eigenvalue weighted by Gasteiger charge is 2.23. The molecule has 0 aliphatic carbocycles. The lowest BCUT2D eigenvalue weighted by atomic mass is 10.0. The predicted molar refractivity (Wildman–Crippen MR) is 111 cm³/mol. The molecule has 3 aromatic rings. The van der Waals surface area contributed by atoms with Gasteiger partial charge in [-0.05, 0) is 32.4 Å². The minimum Gasteiger partial charge on any atom is -0.357 e. The number of ether oxygens (including phenoxy) is 1. The van der Waals surface area contributed by atoms with Crippen LogP contribution in [0, 0.1) is 0 Å². The number of aldehydes is 1. The second-order valence-electron chi connectivity index (χ2n) is 6.92. The number of hydrogen-bond donors (Lipinski definition) is 1. The van der Waals surface area contributed by atoms with Crippen LogP contribution in [0.5, 0.6) is 0 Å². The van der Waals surface area contributed by atoms with Gasteiger partial charge in [0.1, 0.15) is 12.5 Å². The maximum Gasteiger partial charge on any atom is 0.150 e. The number of carbonyl (C=O) groups excluding carboxylic acids is 1. The molecule has 3 heterocycles. The van der Waals surface area contributed by atoms with E-state index in [2.05, 4.69) is 10.4 Å². The highest BCUT2D eigenvalue weighted by molar-refractivity contribution is 6.45. The summed E-state index contributed by atoms with van der Waals surface area (Å²) in [5.41, 5.74) is 3.71. The molecule has 148 valence electrons. The maximum absolute atomic E-state index is 11.4. The lowest BCUT2D eigenvalue weighted by molar-refractivity contribution is -0.108. The van der Waals surface area contributed by atoms with Crippen LogP contribution in [0.4, 0.5) is 0 Å². The number of carbonyl (C=O) groups is 1. The first-order valence-electron chi connectivity index (χ1n) is 9.39. The van der Waals surface area contributed by atoms with E-state index in [1.807, 2.05) is 34.8 Å². The van der Waals surface area contributed by atoms with Crippen molar-refractivity contribution in [3.8, 4) is 11.1 Å². The number of rotatable bonds is 6. The largest absolute Gasteiger partial charge is 0.357 e. The first-order valence-corrected chi connectivity index (χ1v) is 10.1. The third kappa shape index (κ3) is 3.35. The highest BCUT2D eigenvalue weighted by atomic mass is 35.5. The molecule has 1 N–H and O–H groups in total. The van der Waals surface area contributed by atoms with Crippen molar-refractivity contribution in [1.29, 1.82) is 0 Å². The molecule has 8 heteroatoms. The van der Waals surface area contributed by atoms with Crippen molar-refractivity contribution in [1.82, 2.24) is 19.7 Å². The van der Waals surface area contributed by atoms with E-state index in [0.29, 0.717) is 16.6 Å². The third-order valence-corrected chi connectivity index (χ3v) is 5.96. The second kappa shape index (κ2) is 8.25. The van der Waals surface area contributed by atoms with Gasteiger partial charge >= 0.3 is 0 Å². The van der Waals surface area contributed by atoms with Crippen molar-refractivity contribution in [2.45, 2.75) is 38.6 Å². The van der Waals surface area contributed by atoms with Crippen LogP contribution in [0.15, 0.2) is 24.5 Å². The first-order chi connectivity index (χ1) is 13.7. The van der Waals surface area contributed by atoms with Crippen LogP contribution in [0.25, 0.3) is 22.0 Å². The molecule has 2 aromatic heterocycles. The minimum absolute atomic E-state index is 0.0309. The lowest BCUT2D eigenvalue weighted by Gasteiger charge is -2.22. The number of halogens is 2. The Kier molecular flexibility index (Phi) is 5.73. The van der Waals surface area contributed by atoms with Gasteiger partial charge in [0.25, 0.3) is 0 Å². The van der Waals surface area contributed by atoms with Crippen molar-refractivity contribution in [2.24, 2.45) is 0 Å². The zero-order chi connectivity index (χ0) is 19.7. The molecule has 4 rings (SSSR count). The molecule has 1 aromatic carbocycles. The molecule has 0 spiro atoms. The van der Waals surface area contributed by atoms with E-state index in [9.17, 15) is 4.79 Å². The van der Waals surface area contributed by atoms with Crippen molar-refractivity contribution >= 4 is 40.4 Å². The fourth-order valence-electron chi connectivity index (χ4n) is 3.94. The fraction of sp³-hybridized carbons (Fsp3) is 0.400. The van der Waals surface area contributed by atoms with Crippen molar-refractivity contribution in [2.75, 3.05) is 13.7 Å². The predicted octanol–water partition coefficient (Wildman–Crippen LogP) is 4.43. The van der Waals surface area contributed by atoms with Gasteiger partial charge in [-0.15, -0.1) is 0 Å². The fourth-order valence-corrected chi connectivity index (χ4v) is 4.36. The Morgan fingerprint density at radius 2 is 2.21 bits per heavy atom. The molecule has 28 heavy (non-hydrogen) atoms. The molecule has 0 amide bonds. The van der Waals surface area contributed by atoms with Gasteiger partial charge in [0.2, 0.25) is 0 Å². The smallest absolute Gasteiger partial charge is 0.150 e. The van der Waals surface area contributed by atoms with Gasteiger partial charge in [0.05, 0.1) is 28.3 Å². The molecule has 0 saturated carbocycles. The van der Waals surface area contributed by atoms with E-state index in [-0.39, 0.29) is 12.8 Å². The zero-order valence-electron chi connectivity index (χ0n) is 15.6. The average Bonchev–Trinajstić information content (AvgIpc) is 3.30. The van der Waals surface area contributed by atoms with E-state index in [1.54, 1.807) is 6.07 Å². The van der Waals surface area contributed by atoms with E-state index in [4.69, 9.17) is 27.9 Å². The Morgan fingerprint density at radius 3 is 2.93 bits per heavy atom. The molecule has 1 fully saturated rings. The second-order valence-corrected chi connectivity index (χ2v) is 7.70. The normalized spacial score (nSPS) is 17.3. The zero-order valence-corrected chi connectivity index (χ0v) is 17.1. The lowest BCUT2D eigenvalue weighted by Crippen LogP contribution is -2.18. The molecule has 1 aliphatic rings. The monoisotopic (exact) mass is 420 g/mol. The Bertz CT molecular complexity index is 1010. The Hall–Kier alpha value is -1.86. The van der Waals surface area contributed by atoms with Crippen LogP contribution in [0.1, 0.15) is 31.2 Å². The number of fused-ring (bicyclic) bond motifs is 1. The number of hydrogen-bond acceptors (Lipinski definition) is 4. The van der Waals surface area contributed by atoms with Crippen LogP contribution >= 0.6 is 23.2 Å². The molecule has 6 nitrogen and oxygen atoms in total. The standard InChI is InChI=1S/C20H22Cl2N4O2/c1-23-11-16-18(13-10-24-26(12-13)17-4-2-3-9-28-17)14-5-6-15(21)19(22)20(14)25(16)7-8-27/h5-6,8,10,12,17,23H,2-4,7,9,11H2,1H3. The SMILES string of the molecule is CNCc1c(-c2cnn(C3CCCCO3)c2)c2ccc(Cl)c(Cl)c2n1CC=O. The first kappa shape index (κ1) is 19.5. The Labute approximate surface area is 173 Å². The van der Waals surface area contributed by atoms with E-state index < -0.39 is 0 Å². The maximum atomic E-state index is 11.4. The summed E-state index contributed by atoms with van der Waals surface area (Å²) < 4.78 is 9.67. The van der Waals surface area contributed by atoms with Gasteiger partial charge < -0.3 is 19.4 Å². The van der Waals surface area contributed by atoms with Gasteiger partial charge in [-0.3, -0.25) is 0 Å². The number of aromatic nitrogens is 3. The third-order valence-electron chi connectivity index (χ3n) is 5.16. The summed E-state index contributed by atoms with van der Waals surface area (Å²) in [5.74, 6) is 0. The Morgan fingerprint density at radius 1 is 1.36 bits per heavy atom.